The molecule has 5 rings (SSSR count). The monoisotopic (exact) mass is 375 g/mol. The van der Waals surface area contributed by atoms with Crippen molar-refractivity contribution >= 4 is 33.7 Å². The molecule has 1 N–H and O–H groups in total. The van der Waals surface area contributed by atoms with Gasteiger partial charge in [0, 0.05) is 44.0 Å². The third-order valence-electron chi connectivity index (χ3n) is 5.24. The number of amides is 1. The minimum atomic E-state index is 0.101. The Morgan fingerprint density at radius 1 is 1.07 bits per heavy atom. The van der Waals surface area contributed by atoms with Crippen LogP contribution in [-0.4, -0.2) is 61.7 Å². The number of rotatable bonds is 3. The molecule has 8 nitrogen and oxygen atoms in total. The molecule has 3 aromatic heterocycles. The second kappa shape index (κ2) is 6.95. The van der Waals surface area contributed by atoms with Crippen LogP contribution in [0.1, 0.15) is 6.42 Å². The number of benzene rings is 1. The zero-order valence-corrected chi connectivity index (χ0v) is 15.5. The van der Waals surface area contributed by atoms with Gasteiger partial charge in [0.25, 0.3) is 0 Å². The van der Waals surface area contributed by atoms with Gasteiger partial charge in [-0.15, -0.1) is 0 Å². The summed E-state index contributed by atoms with van der Waals surface area (Å²) in [6.45, 7) is 3.31. The number of aromatic amines is 1. The van der Waals surface area contributed by atoms with Crippen LogP contribution in [0.4, 0.5) is 5.82 Å². The first kappa shape index (κ1) is 16.7. The fourth-order valence-electron chi connectivity index (χ4n) is 3.82. The largest absolute Gasteiger partial charge is 0.354 e. The van der Waals surface area contributed by atoms with Crippen LogP contribution < -0.4 is 4.90 Å². The molecule has 1 aliphatic rings. The number of hydrogen-bond donors (Lipinski definition) is 1. The Balaban J connectivity index is 1.28. The van der Waals surface area contributed by atoms with Gasteiger partial charge in [-0.05, 0) is 18.6 Å². The third-order valence-corrected chi connectivity index (χ3v) is 5.24. The number of nitrogens with zero attached hydrogens (tertiary/aromatic N) is 6. The highest BCUT2D eigenvalue weighted by molar-refractivity contribution is 5.87. The van der Waals surface area contributed by atoms with E-state index in [0.717, 1.165) is 53.8 Å². The summed E-state index contributed by atoms with van der Waals surface area (Å²) in [5, 5.41) is 6.57. The average molecular weight is 375 g/mol. The van der Waals surface area contributed by atoms with Crippen molar-refractivity contribution in [3.8, 4) is 0 Å². The molecule has 142 valence electrons. The molecule has 0 unspecified atom stereocenters. The van der Waals surface area contributed by atoms with Crippen molar-refractivity contribution in [1.29, 1.82) is 0 Å². The van der Waals surface area contributed by atoms with Crippen LogP contribution in [0.2, 0.25) is 0 Å². The summed E-state index contributed by atoms with van der Waals surface area (Å²) in [6, 6.07) is 9.91. The van der Waals surface area contributed by atoms with Gasteiger partial charge in [0.15, 0.2) is 0 Å². The zero-order chi connectivity index (χ0) is 18.9. The van der Waals surface area contributed by atoms with Crippen molar-refractivity contribution in [2.45, 2.75) is 13.0 Å². The van der Waals surface area contributed by atoms with Crippen molar-refractivity contribution in [1.82, 2.24) is 29.6 Å². The maximum atomic E-state index is 12.8. The molecule has 1 amide bonds. The van der Waals surface area contributed by atoms with Gasteiger partial charge in [0.2, 0.25) is 5.91 Å². The maximum absolute atomic E-state index is 12.8. The van der Waals surface area contributed by atoms with Crippen molar-refractivity contribution in [2.24, 2.45) is 0 Å². The predicted molar refractivity (Wildman–Crippen MR) is 107 cm³/mol. The van der Waals surface area contributed by atoms with Crippen molar-refractivity contribution in [2.75, 3.05) is 31.1 Å². The van der Waals surface area contributed by atoms with Crippen LogP contribution in [0.5, 0.6) is 0 Å². The van der Waals surface area contributed by atoms with E-state index in [1.165, 1.54) is 0 Å². The molecule has 8 heteroatoms. The van der Waals surface area contributed by atoms with E-state index in [-0.39, 0.29) is 12.5 Å². The molecular formula is C20H21N7O. The molecule has 0 aliphatic carbocycles. The molecule has 1 fully saturated rings. The quantitative estimate of drug-likeness (QED) is 0.593. The molecule has 0 radical (unpaired) electrons. The molecule has 0 atom stereocenters. The Labute approximate surface area is 161 Å². The highest BCUT2D eigenvalue weighted by atomic mass is 16.2. The third kappa shape index (κ3) is 3.06. The van der Waals surface area contributed by atoms with Gasteiger partial charge in [0.05, 0.1) is 10.9 Å². The van der Waals surface area contributed by atoms with Gasteiger partial charge < -0.3 is 14.8 Å². The first-order valence-corrected chi connectivity index (χ1v) is 9.51. The summed E-state index contributed by atoms with van der Waals surface area (Å²) in [5.41, 5.74) is 1.75. The second-order valence-electron chi connectivity index (χ2n) is 7.04. The van der Waals surface area contributed by atoms with Crippen molar-refractivity contribution in [3.05, 3.63) is 49.1 Å². The molecular weight excluding hydrogens is 354 g/mol. The molecule has 1 aromatic carbocycles. The van der Waals surface area contributed by atoms with Crippen LogP contribution in [0.15, 0.2) is 49.1 Å². The molecule has 1 saturated heterocycles. The number of H-pyrrole nitrogens is 1. The zero-order valence-electron chi connectivity index (χ0n) is 15.5. The van der Waals surface area contributed by atoms with Crippen molar-refractivity contribution in [3.63, 3.8) is 0 Å². The van der Waals surface area contributed by atoms with Crippen LogP contribution in [-0.2, 0) is 11.3 Å². The number of carbonyl (C=O) groups excluding carboxylic acids is 1. The second-order valence-corrected chi connectivity index (χ2v) is 7.04. The van der Waals surface area contributed by atoms with E-state index in [4.69, 9.17) is 0 Å². The van der Waals surface area contributed by atoms with E-state index in [0.29, 0.717) is 6.54 Å². The Kier molecular flexibility index (Phi) is 4.16. The van der Waals surface area contributed by atoms with E-state index < -0.39 is 0 Å². The molecule has 0 spiro atoms. The number of aromatic nitrogens is 5. The summed E-state index contributed by atoms with van der Waals surface area (Å²) < 4.78 is 1.74. The fraction of sp³-hybridized carbons (Fsp3) is 0.300. The van der Waals surface area contributed by atoms with Gasteiger partial charge in [-0.25, -0.2) is 9.97 Å². The minimum Gasteiger partial charge on any atom is -0.354 e. The smallest absolute Gasteiger partial charge is 0.244 e. The van der Waals surface area contributed by atoms with E-state index in [1.54, 1.807) is 11.0 Å². The lowest BCUT2D eigenvalue weighted by molar-refractivity contribution is -0.131. The number of hydrogen-bond acceptors (Lipinski definition) is 5. The number of nitrogens with one attached hydrogen (secondary N) is 1. The maximum Gasteiger partial charge on any atom is 0.244 e. The SMILES string of the molecule is O=C(Cn1cc2ccccc2n1)N1CCCN(c2ncnc3[nH]ccc23)CC1. The highest BCUT2D eigenvalue weighted by Gasteiger charge is 2.21. The van der Waals surface area contributed by atoms with Crippen LogP contribution in [0.25, 0.3) is 21.9 Å². The van der Waals surface area contributed by atoms with E-state index in [9.17, 15) is 4.79 Å². The molecule has 1 aliphatic heterocycles. The summed E-state index contributed by atoms with van der Waals surface area (Å²) >= 11 is 0. The Morgan fingerprint density at radius 3 is 2.93 bits per heavy atom. The van der Waals surface area contributed by atoms with E-state index in [2.05, 4.69) is 25.0 Å². The van der Waals surface area contributed by atoms with Gasteiger partial charge in [-0.1, -0.05) is 18.2 Å². The fourth-order valence-corrected chi connectivity index (χ4v) is 3.82. The molecule has 4 aromatic rings. The van der Waals surface area contributed by atoms with Gasteiger partial charge in [0.1, 0.15) is 24.3 Å². The lowest BCUT2D eigenvalue weighted by atomic mass is 10.3. The van der Waals surface area contributed by atoms with Crippen LogP contribution in [0.3, 0.4) is 0 Å². The standard InChI is InChI=1S/C20H21N7O/c28-18(13-27-12-15-4-1-2-5-17(15)24-27)25-8-3-9-26(11-10-25)20-16-6-7-21-19(16)22-14-23-20/h1-2,4-7,12,14H,3,8-11,13H2,(H,21,22,23). The van der Waals surface area contributed by atoms with E-state index >= 15 is 0 Å². The number of carbonyl (C=O) groups is 1. The number of anilines is 1. The summed E-state index contributed by atoms with van der Waals surface area (Å²) in [7, 11) is 0. The Hall–Kier alpha value is -3.42. The van der Waals surface area contributed by atoms with Crippen LogP contribution in [0, 0.1) is 0 Å². The first-order chi connectivity index (χ1) is 13.8. The average Bonchev–Trinajstić information content (AvgIpc) is 3.27. The van der Waals surface area contributed by atoms with Gasteiger partial charge in [-0.2, -0.15) is 5.10 Å². The highest BCUT2D eigenvalue weighted by Crippen LogP contribution is 2.23. The predicted octanol–water partition coefficient (Wildman–Crippen LogP) is 2.05. The topological polar surface area (TPSA) is 82.9 Å². The molecule has 28 heavy (non-hydrogen) atoms. The van der Waals surface area contributed by atoms with Gasteiger partial charge >= 0.3 is 0 Å². The summed E-state index contributed by atoms with van der Waals surface area (Å²) in [5.74, 6) is 1.03. The lowest BCUT2D eigenvalue weighted by Gasteiger charge is -2.23. The molecule has 0 saturated carbocycles. The molecule has 0 bridgehead atoms. The summed E-state index contributed by atoms with van der Waals surface area (Å²) in [6.07, 6.45) is 6.30. The van der Waals surface area contributed by atoms with Gasteiger partial charge in [-0.3, -0.25) is 9.48 Å². The normalized spacial score (nSPS) is 15.3. The Bertz CT molecular complexity index is 1100. The van der Waals surface area contributed by atoms with Crippen LogP contribution >= 0.6 is 0 Å². The minimum absolute atomic E-state index is 0.101. The lowest BCUT2D eigenvalue weighted by Crippen LogP contribution is -2.37. The van der Waals surface area contributed by atoms with E-state index in [1.807, 2.05) is 47.6 Å². The first-order valence-electron chi connectivity index (χ1n) is 9.51. The van der Waals surface area contributed by atoms with Crippen molar-refractivity contribution < 1.29 is 4.79 Å². The summed E-state index contributed by atoms with van der Waals surface area (Å²) in [4.78, 5) is 28.9. The number of fused-ring (bicyclic) bond motifs is 2. The molecule has 4 heterocycles. The Morgan fingerprint density at radius 2 is 2.00 bits per heavy atom.